The summed E-state index contributed by atoms with van der Waals surface area (Å²) in [5.74, 6) is 0.803. The first-order chi connectivity index (χ1) is 10.6. The van der Waals surface area contributed by atoms with Gasteiger partial charge in [-0.2, -0.15) is 4.98 Å². The lowest BCUT2D eigenvalue weighted by atomic mass is 10.3. The van der Waals surface area contributed by atoms with Gasteiger partial charge in [-0.3, -0.25) is 0 Å². The molecule has 1 atom stereocenters. The minimum atomic E-state index is -0.324. The molecule has 7 heteroatoms. The highest BCUT2D eigenvalue weighted by atomic mass is 19.1. The van der Waals surface area contributed by atoms with Crippen molar-refractivity contribution in [3.8, 4) is 5.75 Å². The predicted molar refractivity (Wildman–Crippen MR) is 79.3 cm³/mol. The molecule has 2 heterocycles. The first kappa shape index (κ1) is 14.2. The molecule has 0 amide bonds. The first-order valence-electron chi connectivity index (χ1n) is 6.86. The number of nitrogens with zero attached hydrogens (tertiary/aromatic N) is 3. The van der Waals surface area contributed by atoms with Gasteiger partial charge in [0.25, 0.3) is 5.71 Å². The van der Waals surface area contributed by atoms with E-state index in [-0.39, 0.29) is 11.9 Å². The predicted octanol–water partition coefficient (Wildman–Crippen LogP) is 2.94. The first-order valence-corrected chi connectivity index (χ1v) is 6.86. The van der Waals surface area contributed by atoms with Gasteiger partial charge in [0.15, 0.2) is 0 Å². The standard InChI is InChI=1S/C15H15FN4O2/c1-9(21-12-5-3-4-11(16)6-12)7-17-14-13-10(2)20-22-15(13)19-8-18-14/h3-6,8-9H,7H2,1-2H3,(H,17,18,19). The molecule has 1 aromatic carbocycles. The van der Waals surface area contributed by atoms with E-state index in [2.05, 4.69) is 20.4 Å². The lowest BCUT2D eigenvalue weighted by molar-refractivity contribution is 0.233. The van der Waals surface area contributed by atoms with E-state index in [1.54, 1.807) is 12.1 Å². The van der Waals surface area contributed by atoms with E-state index in [1.807, 2.05) is 13.8 Å². The number of halogens is 1. The van der Waals surface area contributed by atoms with Crippen LogP contribution in [0, 0.1) is 12.7 Å². The van der Waals surface area contributed by atoms with E-state index >= 15 is 0 Å². The molecule has 0 aliphatic heterocycles. The number of aryl methyl sites for hydroxylation is 1. The van der Waals surface area contributed by atoms with Crippen molar-refractivity contribution < 1.29 is 13.7 Å². The third-order valence-electron chi connectivity index (χ3n) is 3.13. The summed E-state index contributed by atoms with van der Waals surface area (Å²) in [6.07, 6.45) is 1.24. The molecule has 0 saturated heterocycles. The topological polar surface area (TPSA) is 73.1 Å². The largest absolute Gasteiger partial charge is 0.489 e. The highest BCUT2D eigenvalue weighted by Gasteiger charge is 2.13. The van der Waals surface area contributed by atoms with Crippen LogP contribution in [0.2, 0.25) is 0 Å². The quantitative estimate of drug-likeness (QED) is 0.781. The molecule has 0 spiro atoms. The Morgan fingerprint density at radius 3 is 3.05 bits per heavy atom. The second kappa shape index (κ2) is 5.97. The number of nitrogens with one attached hydrogen (secondary N) is 1. The summed E-state index contributed by atoms with van der Waals surface area (Å²) in [4.78, 5) is 8.21. The molecule has 1 N–H and O–H groups in total. The lowest BCUT2D eigenvalue weighted by Gasteiger charge is -2.16. The fourth-order valence-corrected chi connectivity index (χ4v) is 2.11. The van der Waals surface area contributed by atoms with Gasteiger partial charge >= 0.3 is 0 Å². The molecule has 0 aliphatic rings. The maximum atomic E-state index is 13.1. The molecule has 3 aromatic rings. The van der Waals surface area contributed by atoms with Crippen LogP contribution in [0.3, 0.4) is 0 Å². The summed E-state index contributed by atoms with van der Waals surface area (Å²) >= 11 is 0. The van der Waals surface area contributed by atoms with Crippen molar-refractivity contribution in [1.82, 2.24) is 15.1 Å². The van der Waals surface area contributed by atoms with Gasteiger partial charge < -0.3 is 14.6 Å². The molecule has 0 bridgehead atoms. The average molecular weight is 302 g/mol. The Labute approximate surface area is 126 Å². The average Bonchev–Trinajstić information content (AvgIpc) is 2.87. The van der Waals surface area contributed by atoms with Crippen LogP contribution in [-0.4, -0.2) is 27.8 Å². The summed E-state index contributed by atoms with van der Waals surface area (Å²) in [5.41, 5.74) is 1.16. The molecule has 0 saturated carbocycles. The monoisotopic (exact) mass is 302 g/mol. The molecule has 114 valence electrons. The molecule has 2 aromatic heterocycles. The van der Waals surface area contributed by atoms with E-state index in [9.17, 15) is 4.39 Å². The second-order valence-electron chi connectivity index (χ2n) is 4.94. The Kier molecular flexibility index (Phi) is 3.86. The summed E-state index contributed by atoms with van der Waals surface area (Å²) in [7, 11) is 0. The van der Waals surface area contributed by atoms with Crippen molar-refractivity contribution in [2.75, 3.05) is 11.9 Å². The number of rotatable bonds is 5. The van der Waals surface area contributed by atoms with Gasteiger partial charge in [0, 0.05) is 6.07 Å². The lowest BCUT2D eigenvalue weighted by Crippen LogP contribution is -2.23. The van der Waals surface area contributed by atoms with Crippen LogP contribution in [0.25, 0.3) is 11.1 Å². The summed E-state index contributed by atoms with van der Waals surface area (Å²) in [6, 6.07) is 6.05. The van der Waals surface area contributed by atoms with Gasteiger partial charge in [0.05, 0.1) is 12.2 Å². The smallest absolute Gasteiger partial charge is 0.263 e. The van der Waals surface area contributed by atoms with E-state index in [0.29, 0.717) is 23.8 Å². The van der Waals surface area contributed by atoms with Crippen molar-refractivity contribution in [2.45, 2.75) is 20.0 Å². The number of anilines is 1. The molecular formula is C15H15FN4O2. The molecule has 22 heavy (non-hydrogen) atoms. The zero-order chi connectivity index (χ0) is 15.5. The zero-order valence-corrected chi connectivity index (χ0v) is 12.2. The maximum absolute atomic E-state index is 13.1. The van der Waals surface area contributed by atoms with Crippen LogP contribution < -0.4 is 10.1 Å². The Morgan fingerprint density at radius 1 is 1.36 bits per heavy atom. The van der Waals surface area contributed by atoms with Crippen molar-refractivity contribution in [3.63, 3.8) is 0 Å². The summed E-state index contributed by atoms with van der Waals surface area (Å²) in [5, 5.41) is 7.80. The number of aromatic nitrogens is 3. The normalized spacial score (nSPS) is 12.3. The molecule has 0 fully saturated rings. The van der Waals surface area contributed by atoms with Crippen molar-refractivity contribution in [2.24, 2.45) is 0 Å². The fourth-order valence-electron chi connectivity index (χ4n) is 2.11. The summed E-state index contributed by atoms with van der Waals surface area (Å²) in [6.45, 7) is 4.21. The van der Waals surface area contributed by atoms with E-state index in [1.165, 1.54) is 18.5 Å². The van der Waals surface area contributed by atoms with Gasteiger partial charge in [-0.1, -0.05) is 11.2 Å². The van der Waals surface area contributed by atoms with Gasteiger partial charge in [-0.25, -0.2) is 9.37 Å². The van der Waals surface area contributed by atoms with Crippen molar-refractivity contribution in [3.05, 3.63) is 42.1 Å². The Hall–Kier alpha value is -2.70. The Morgan fingerprint density at radius 2 is 2.23 bits per heavy atom. The maximum Gasteiger partial charge on any atom is 0.263 e. The number of ether oxygens (including phenoxy) is 1. The van der Waals surface area contributed by atoms with Crippen LogP contribution in [-0.2, 0) is 0 Å². The molecule has 3 rings (SSSR count). The molecule has 6 nitrogen and oxygen atoms in total. The highest BCUT2D eigenvalue weighted by Crippen LogP contribution is 2.22. The fraction of sp³-hybridized carbons (Fsp3) is 0.267. The Balaban J connectivity index is 1.67. The van der Waals surface area contributed by atoms with E-state index in [4.69, 9.17) is 9.26 Å². The van der Waals surface area contributed by atoms with Gasteiger partial charge in [0.1, 0.15) is 35.2 Å². The number of hydrogen-bond acceptors (Lipinski definition) is 6. The van der Waals surface area contributed by atoms with Crippen LogP contribution in [0.5, 0.6) is 5.75 Å². The third kappa shape index (κ3) is 2.98. The SMILES string of the molecule is Cc1noc2ncnc(NCC(C)Oc3cccc(F)c3)c12. The number of fused-ring (bicyclic) bond motifs is 1. The number of benzene rings is 1. The van der Waals surface area contributed by atoms with E-state index in [0.717, 1.165) is 11.1 Å². The third-order valence-corrected chi connectivity index (χ3v) is 3.13. The van der Waals surface area contributed by atoms with Crippen LogP contribution in [0.4, 0.5) is 10.2 Å². The minimum absolute atomic E-state index is 0.174. The van der Waals surface area contributed by atoms with Crippen molar-refractivity contribution >= 4 is 16.9 Å². The second-order valence-corrected chi connectivity index (χ2v) is 4.94. The van der Waals surface area contributed by atoms with Crippen LogP contribution in [0.1, 0.15) is 12.6 Å². The highest BCUT2D eigenvalue weighted by molar-refractivity contribution is 5.87. The van der Waals surface area contributed by atoms with Crippen LogP contribution in [0.15, 0.2) is 35.1 Å². The molecule has 0 radical (unpaired) electrons. The summed E-state index contributed by atoms with van der Waals surface area (Å²) < 4.78 is 23.9. The van der Waals surface area contributed by atoms with E-state index < -0.39 is 0 Å². The van der Waals surface area contributed by atoms with Crippen LogP contribution >= 0.6 is 0 Å². The molecule has 0 aliphatic carbocycles. The van der Waals surface area contributed by atoms with Gasteiger partial charge in [0.2, 0.25) is 0 Å². The van der Waals surface area contributed by atoms with Crippen molar-refractivity contribution in [1.29, 1.82) is 0 Å². The van der Waals surface area contributed by atoms with Gasteiger partial charge in [-0.05, 0) is 26.0 Å². The zero-order valence-electron chi connectivity index (χ0n) is 12.2. The van der Waals surface area contributed by atoms with Gasteiger partial charge in [-0.15, -0.1) is 0 Å². The molecule has 1 unspecified atom stereocenters. The Bertz CT molecular complexity index is 790. The minimum Gasteiger partial charge on any atom is -0.489 e. The number of hydrogen-bond donors (Lipinski definition) is 1. The molecular weight excluding hydrogens is 287 g/mol.